The van der Waals surface area contributed by atoms with E-state index in [9.17, 15) is 0 Å². The third-order valence-electron chi connectivity index (χ3n) is 11.3. The van der Waals surface area contributed by atoms with E-state index in [4.69, 9.17) is 4.21 Å². The molecule has 0 aliphatic heterocycles. The minimum atomic E-state index is -3.77. The molecule has 253 valence electrons. The maximum absolute atomic E-state index is 5.60. The van der Waals surface area contributed by atoms with Crippen LogP contribution in [0, 0.1) is 0 Å². The Labute approximate surface area is 309 Å². The first-order valence-electron chi connectivity index (χ1n) is 18.6. The van der Waals surface area contributed by atoms with Crippen LogP contribution < -0.4 is 3.27 Å². The number of rotatable bonds is 6. The van der Waals surface area contributed by atoms with Gasteiger partial charge in [-0.05, 0) is 0 Å². The van der Waals surface area contributed by atoms with Gasteiger partial charge in [0.2, 0.25) is 0 Å². The summed E-state index contributed by atoms with van der Waals surface area (Å²) in [5.41, 5.74) is 15.5. The third kappa shape index (κ3) is 6.03. The van der Waals surface area contributed by atoms with E-state index >= 15 is 0 Å². The Kier molecular flexibility index (Phi) is 8.51. The number of benzene rings is 6. The van der Waals surface area contributed by atoms with Crippen molar-refractivity contribution < 1.29 is 19.8 Å². The van der Waals surface area contributed by atoms with Gasteiger partial charge in [-0.15, -0.1) is 0 Å². The normalized spacial score (nSPS) is 15.1. The van der Waals surface area contributed by atoms with Crippen LogP contribution in [-0.2, 0) is 41.2 Å². The molecule has 1 unspecified atom stereocenters. The second-order valence-corrected chi connectivity index (χ2v) is 25.9. The predicted molar refractivity (Wildman–Crippen MR) is 219 cm³/mol. The number of allylic oxidation sites excluding steroid dienone is 4. The summed E-state index contributed by atoms with van der Waals surface area (Å²) < 4.78 is 9.83. The maximum atomic E-state index is 5.60. The third-order valence-corrected chi connectivity index (χ3v) is 21.4. The van der Waals surface area contributed by atoms with E-state index in [0.717, 1.165) is 17.0 Å². The first-order valence-corrected chi connectivity index (χ1v) is 24.5. The summed E-state index contributed by atoms with van der Waals surface area (Å²) in [5, 5.41) is 2.68. The Balaban J connectivity index is 1.47. The topological polar surface area (TPSA) is 0 Å². The van der Waals surface area contributed by atoms with Crippen LogP contribution in [0.2, 0.25) is 0 Å². The number of hydrogen-bond acceptors (Lipinski definition) is 0. The van der Waals surface area contributed by atoms with Gasteiger partial charge in [0.1, 0.15) is 0 Å². The molecular weight excluding hydrogens is 692 g/mol. The van der Waals surface area contributed by atoms with Crippen LogP contribution in [0.4, 0.5) is 0 Å². The van der Waals surface area contributed by atoms with Gasteiger partial charge in [-0.1, -0.05) is 0 Å². The van der Waals surface area contributed by atoms with Gasteiger partial charge in [0.15, 0.2) is 0 Å². The summed E-state index contributed by atoms with van der Waals surface area (Å²) in [7, 11) is 0. The fourth-order valence-corrected chi connectivity index (χ4v) is 19.1. The molecule has 0 saturated heterocycles. The molecule has 0 fully saturated rings. The molecule has 0 N–H and O–H groups in total. The molecule has 0 heterocycles. The Morgan fingerprint density at radius 3 is 1.92 bits per heavy atom. The van der Waals surface area contributed by atoms with E-state index in [1.807, 2.05) is 0 Å². The fourth-order valence-electron chi connectivity index (χ4n) is 8.82. The second kappa shape index (κ2) is 12.8. The molecule has 1 atom stereocenters. The molecule has 0 aromatic heterocycles. The molecule has 51 heavy (non-hydrogen) atoms. The van der Waals surface area contributed by atoms with E-state index in [1.54, 1.807) is 6.55 Å². The van der Waals surface area contributed by atoms with Crippen molar-refractivity contribution in [1.29, 1.82) is 0 Å². The molecule has 8 rings (SSSR count). The van der Waals surface area contributed by atoms with Gasteiger partial charge >= 0.3 is 311 Å². The van der Waals surface area contributed by atoms with Crippen LogP contribution in [0.1, 0.15) is 75.8 Å². The van der Waals surface area contributed by atoms with Crippen molar-refractivity contribution in [1.82, 2.24) is 0 Å². The predicted octanol–water partition coefficient (Wildman–Crippen LogP) is 12.6. The summed E-state index contributed by atoms with van der Waals surface area (Å²) >= 11 is -3.77. The second-order valence-electron chi connectivity index (χ2n) is 16.9. The average Bonchev–Trinajstić information content (AvgIpc) is 3.79. The van der Waals surface area contributed by atoms with Gasteiger partial charge in [-0.25, -0.2) is 0 Å². The number of hydrogen-bond donors (Lipinski definition) is 0. The van der Waals surface area contributed by atoms with Crippen molar-refractivity contribution in [2.45, 2.75) is 69.3 Å². The summed E-state index contributed by atoms with van der Waals surface area (Å²) in [6, 6.07) is 45.8. The molecule has 0 saturated carbocycles. The summed E-state index contributed by atoms with van der Waals surface area (Å²) in [6.07, 6.45) is 9.06. The van der Waals surface area contributed by atoms with E-state index in [2.05, 4.69) is 181 Å². The van der Waals surface area contributed by atoms with Crippen molar-refractivity contribution in [3.8, 4) is 33.4 Å². The quantitative estimate of drug-likeness (QED) is 0.159. The zero-order valence-electron chi connectivity index (χ0n) is 31.1. The first-order chi connectivity index (χ1) is 24.4. The summed E-state index contributed by atoms with van der Waals surface area (Å²) in [4.78, 5) is 0. The summed E-state index contributed by atoms with van der Waals surface area (Å²) in [5.74, 6) is 0. The molecule has 6 aromatic rings. The molecule has 0 bridgehead atoms. The molecule has 1 heteroatoms. The van der Waals surface area contributed by atoms with E-state index in [1.165, 1.54) is 72.0 Å². The Bertz CT molecular complexity index is 2400. The van der Waals surface area contributed by atoms with Crippen LogP contribution in [0.15, 0.2) is 143 Å². The molecule has 0 nitrogen and oxygen atoms in total. The fraction of sp³-hybridized carbons (Fsp3) is 0.220. The standard InChI is InChI=1S/C33H33.C11H9.C5H5.CH2.Zr/c1-32(2,3)30-20-26-24(18-28(30)22-13-9-7-10-14-22)17-25-19-29(23-15-11-8-12-16-23)31(21-27(25)26)33(4,5)6;1-9-5-4-7-10-6-2-3-8-11(9)10;1-2-4-5-3-1;;/h7-16,18,20-21H,17H2,1-6H3;2-8H,1H2;1-3H,4H2;1H2;. The van der Waals surface area contributed by atoms with Gasteiger partial charge in [-0.3, -0.25) is 0 Å². The minimum absolute atomic E-state index is 0.00732. The van der Waals surface area contributed by atoms with Crippen LogP contribution in [0.3, 0.4) is 0 Å². The van der Waals surface area contributed by atoms with Gasteiger partial charge < -0.3 is 0 Å². The van der Waals surface area contributed by atoms with E-state index in [-0.39, 0.29) is 10.8 Å². The van der Waals surface area contributed by atoms with Gasteiger partial charge in [-0.2, -0.15) is 0 Å². The van der Waals surface area contributed by atoms with E-state index in [0.29, 0.717) is 0 Å². The van der Waals surface area contributed by atoms with Crippen molar-refractivity contribution in [3.63, 3.8) is 0 Å². The van der Waals surface area contributed by atoms with Gasteiger partial charge in [0.05, 0.1) is 0 Å². The zero-order chi connectivity index (χ0) is 35.5. The molecule has 0 spiro atoms. The molecule has 2 aliphatic carbocycles. The summed E-state index contributed by atoms with van der Waals surface area (Å²) in [6.45, 7) is 14.3. The Morgan fingerprint density at radius 1 is 0.627 bits per heavy atom. The van der Waals surface area contributed by atoms with Crippen molar-refractivity contribution in [3.05, 3.63) is 171 Å². The molecule has 2 aliphatic rings. The van der Waals surface area contributed by atoms with Crippen LogP contribution >= 0.6 is 0 Å². The average molecular weight is 741 g/mol. The number of fused-ring (bicyclic) bond motifs is 4. The SMILES string of the molecule is [CH2]=[Zr]([CH2]c1cccc2ccccc12)([C]1=CC=CC1)[c]1c2c(cc(C(C)(C)C)c1-c1ccccc1)-c1cc(C(C)(C)C)c(-c3ccccc3)cc1C2. The molecular formula is C50H49Zr. The van der Waals surface area contributed by atoms with Gasteiger partial charge in [0, 0.05) is 0 Å². The first kappa shape index (κ1) is 33.9. The van der Waals surface area contributed by atoms with Crippen molar-refractivity contribution >= 4 is 18.3 Å². The van der Waals surface area contributed by atoms with E-state index < -0.39 is 19.8 Å². The van der Waals surface area contributed by atoms with Crippen LogP contribution in [-0.4, -0.2) is 4.21 Å². The van der Waals surface area contributed by atoms with Crippen molar-refractivity contribution in [2.75, 3.05) is 0 Å². The van der Waals surface area contributed by atoms with Gasteiger partial charge in [0.25, 0.3) is 0 Å². The molecule has 0 radical (unpaired) electrons. The van der Waals surface area contributed by atoms with Crippen LogP contribution in [0.5, 0.6) is 0 Å². The zero-order valence-corrected chi connectivity index (χ0v) is 33.6. The molecule has 0 amide bonds. The van der Waals surface area contributed by atoms with Crippen LogP contribution in [0.25, 0.3) is 44.2 Å². The Hall–Kier alpha value is -4.19. The Morgan fingerprint density at radius 2 is 1.25 bits per heavy atom. The molecule has 6 aromatic carbocycles. The van der Waals surface area contributed by atoms with Crippen molar-refractivity contribution in [2.24, 2.45) is 0 Å². The monoisotopic (exact) mass is 739 g/mol.